The van der Waals surface area contributed by atoms with Gasteiger partial charge in [-0.1, -0.05) is 18.2 Å². The summed E-state index contributed by atoms with van der Waals surface area (Å²) >= 11 is 0. The van der Waals surface area contributed by atoms with E-state index in [0.717, 1.165) is 0 Å². The predicted octanol–water partition coefficient (Wildman–Crippen LogP) is 1.51. The zero-order valence-electron chi connectivity index (χ0n) is 11.6. The lowest BCUT2D eigenvalue weighted by Crippen LogP contribution is -2.38. The molecule has 1 unspecified atom stereocenters. The molecule has 2 amide bonds. The minimum Gasteiger partial charge on any atom is -0.393 e. The first kappa shape index (κ1) is 15.9. The highest BCUT2D eigenvalue weighted by Gasteiger charge is 2.14. The topological polar surface area (TPSA) is 95.7 Å². The van der Waals surface area contributed by atoms with E-state index >= 15 is 0 Å². The molecule has 0 fully saturated rings. The molecule has 1 aromatic carbocycles. The Balaban J connectivity index is 2.55. The number of hydrogen-bond donors (Lipinski definition) is 2. The number of nitro groups is 1. The normalized spacial score (nSPS) is 11.8. The first-order valence-corrected chi connectivity index (χ1v) is 6.31. The molecule has 0 radical (unpaired) electrons. The van der Waals surface area contributed by atoms with Crippen molar-refractivity contribution in [3.05, 3.63) is 39.9 Å². The van der Waals surface area contributed by atoms with Gasteiger partial charge in [0.15, 0.2) is 0 Å². The van der Waals surface area contributed by atoms with Crippen LogP contribution in [-0.4, -0.2) is 40.7 Å². The summed E-state index contributed by atoms with van der Waals surface area (Å²) in [7, 11) is 1.61. The minimum atomic E-state index is -0.474. The summed E-state index contributed by atoms with van der Waals surface area (Å²) in [5, 5.41) is 22.6. The summed E-state index contributed by atoms with van der Waals surface area (Å²) in [5.41, 5.74) is 0.439. The molecule has 7 heteroatoms. The van der Waals surface area contributed by atoms with Gasteiger partial charge in [0.05, 0.1) is 17.6 Å². The number of hydrogen-bond acceptors (Lipinski definition) is 4. The van der Waals surface area contributed by atoms with Crippen molar-refractivity contribution < 1.29 is 14.8 Å². The maximum Gasteiger partial charge on any atom is 0.317 e. The molecule has 110 valence electrons. The van der Waals surface area contributed by atoms with Crippen LogP contribution < -0.4 is 5.32 Å². The van der Waals surface area contributed by atoms with Crippen LogP contribution in [0.25, 0.3) is 0 Å². The van der Waals surface area contributed by atoms with Crippen LogP contribution in [0.2, 0.25) is 0 Å². The lowest BCUT2D eigenvalue weighted by atomic mass is 10.2. The number of aliphatic hydroxyl groups excluding tert-OH is 1. The number of benzene rings is 1. The third-order valence-electron chi connectivity index (χ3n) is 2.85. The van der Waals surface area contributed by atoms with Crippen LogP contribution in [0.5, 0.6) is 0 Å². The molecule has 20 heavy (non-hydrogen) atoms. The molecule has 0 saturated carbocycles. The monoisotopic (exact) mass is 281 g/mol. The van der Waals surface area contributed by atoms with Gasteiger partial charge in [-0.15, -0.1) is 0 Å². The molecule has 0 heterocycles. The fraction of sp³-hybridized carbons (Fsp3) is 0.462. The molecule has 1 atom stereocenters. The van der Waals surface area contributed by atoms with E-state index in [9.17, 15) is 14.9 Å². The number of carbonyl (C=O) groups is 1. The Morgan fingerprint density at radius 2 is 2.15 bits per heavy atom. The van der Waals surface area contributed by atoms with Crippen LogP contribution in [0, 0.1) is 10.1 Å². The first-order valence-electron chi connectivity index (χ1n) is 6.31. The molecule has 0 saturated heterocycles. The second-order valence-electron chi connectivity index (χ2n) is 4.60. The minimum absolute atomic E-state index is 0.0144. The van der Waals surface area contributed by atoms with Gasteiger partial charge in [-0.25, -0.2) is 4.79 Å². The molecule has 2 N–H and O–H groups in total. The largest absolute Gasteiger partial charge is 0.393 e. The number of aliphatic hydroxyl groups is 1. The van der Waals surface area contributed by atoms with Crippen LogP contribution in [0.4, 0.5) is 10.5 Å². The number of nitrogens with zero attached hydrogens (tertiary/aromatic N) is 2. The molecule has 0 bridgehead atoms. The Morgan fingerprint density at radius 1 is 1.50 bits per heavy atom. The first-order chi connectivity index (χ1) is 9.41. The van der Waals surface area contributed by atoms with Crippen molar-refractivity contribution in [1.82, 2.24) is 10.2 Å². The molecule has 1 aromatic rings. The molecule has 0 aromatic heterocycles. The van der Waals surface area contributed by atoms with Crippen molar-refractivity contribution >= 4 is 11.7 Å². The lowest BCUT2D eigenvalue weighted by Gasteiger charge is -2.18. The molecule has 0 aliphatic rings. The standard InChI is InChI=1S/C13H19N3O4/c1-10(17)7-8-15(2)13(18)14-9-11-5-3-4-6-12(11)16(19)20/h3-6,10,17H,7-9H2,1-2H3,(H,14,18). The molecule has 0 aliphatic carbocycles. The van der Waals surface area contributed by atoms with Gasteiger partial charge in [0.2, 0.25) is 0 Å². The Hall–Kier alpha value is -2.15. The van der Waals surface area contributed by atoms with E-state index in [1.165, 1.54) is 11.0 Å². The molecular formula is C13H19N3O4. The highest BCUT2D eigenvalue weighted by atomic mass is 16.6. The van der Waals surface area contributed by atoms with Crippen LogP contribution in [-0.2, 0) is 6.54 Å². The van der Waals surface area contributed by atoms with Crippen molar-refractivity contribution in [3.63, 3.8) is 0 Å². The van der Waals surface area contributed by atoms with Crippen LogP contribution in [0.1, 0.15) is 18.9 Å². The predicted molar refractivity (Wildman–Crippen MR) is 74.3 cm³/mol. The number of rotatable bonds is 6. The maximum atomic E-state index is 11.8. The summed E-state index contributed by atoms with van der Waals surface area (Å²) in [6.45, 7) is 2.16. The van der Waals surface area contributed by atoms with Crippen molar-refractivity contribution in [2.75, 3.05) is 13.6 Å². The Bertz CT molecular complexity index is 476. The Morgan fingerprint density at radius 3 is 2.75 bits per heavy atom. The number of carbonyl (C=O) groups excluding carboxylic acids is 1. The summed E-state index contributed by atoms with van der Waals surface area (Å²) in [4.78, 5) is 23.6. The van der Waals surface area contributed by atoms with Gasteiger partial charge in [0, 0.05) is 25.2 Å². The average Bonchev–Trinajstić information content (AvgIpc) is 2.42. The molecule has 1 rings (SSSR count). The summed E-state index contributed by atoms with van der Waals surface area (Å²) in [5.74, 6) is 0. The van der Waals surface area contributed by atoms with E-state index in [2.05, 4.69) is 5.32 Å². The van der Waals surface area contributed by atoms with Crippen LogP contribution >= 0.6 is 0 Å². The van der Waals surface area contributed by atoms with Crippen molar-refractivity contribution in [2.45, 2.75) is 26.0 Å². The van der Waals surface area contributed by atoms with Crippen molar-refractivity contribution in [3.8, 4) is 0 Å². The molecule has 0 spiro atoms. The quantitative estimate of drug-likeness (QED) is 0.610. The van der Waals surface area contributed by atoms with E-state index in [0.29, 0.717) is 18.5 Å². The van der Waals surface area contributed by atoms with E-state index < -0.39 is 11.0 Å². The smallest absolute Gasteiger partial charge is 0.317 e. The number of nitro benzene ring substituents is 1. The van der Waals surface area contributed by atoms with Crippen molar-refractivity contribution in [2.24, 2.45) is 0 Å². The lowest BCUT2D eigenvalue weighted by molar-refractivity contribution is -0.385. The van der Waals surface area contributed by atoms with Crippen LogP contribution in [0.3, 0.4) is 0 Å². The zero-order chi connectivity index (χ0) is 15.1. The fourth-order valence-corrected chi connectivity index (χ4v) is 1.63. The van der Waals surface area contributed by atoms with Crippen molar-refractivity contribution in [1.29, 1.82) is 0 Å². The number of para-hydroxylation sites is 1. The third-order valence-corrected chi connectivity index (χ3v) is 2.85. The number of amides is 2. The van der Waals surface area contributed by atoms with Gasteiger partial charge in [-0.05, 0) is 13.3 Å². The average molecular weight is 281 g/mol. The van der Waals surface area contributed by atoms with Gasteiger partial charge in [0.25, 0.3) is 5.69 Å². The zero-order valence-corrected chi connectivity index (χ0v) is 11.6. The number of urea groups is 1. The second-order valence-corrected chi connectivity index (χ2v) is 4.60. The fourth-order valence-electron chi connectivity index (χ4n) is 1.63. The summed E-state index contributed by atoms with van der Waals surface area (Å²) < 4.78 is 0. The van der Waals surface area contributed by atoms with Gasteiger partial charge in [-0.2, -0.15) is 0 Å². The van der Waals surface area contributed by atoms with E-state index in [-0.39, 0.29) is 18.3 Å². The molecule has 7 nitrogen and oxygen atoms in total. The van der Waals surface area contributed by atoms with Gasteiger partial charge in [-0.3, -0.25) is 10.1 Å². The molecule has 0 aliphatic heterocycles. The summed E-state index contributed by atoms with van der Waals surface area (Å²) in [6.07, 6.45) is 0.00976. The van der Waals surface area contributed by atoms with E-state index in [1.807, 2.05) is 0 Å². The van der Waals surface area contributed by atoms with Gasteiger partial charge < -0.3 is 15.3 Å². The highest BCUT2D eigenvalue weighted by Crippen LogP contribution is 2.17. The third kappa shape index (κ3) is 4.85. The summed E-state index contributed by atoms with van der Waals surface area (Å²) in [6, 6.07) is 5.94. The second kappa shape index (κ2) is 7.44. The highest BCUT2D eigenvalue weighted by molar-refractivity contribution is 5.73. The molecular weight excluding hydrogens is 262 g/mol. The SMILES string of the molecule is CC(O)CCN(C)C(=O)NCc1ccccc1[N+](=O)[O-]. The van der Waals surface area contributed by atoms with E-state index in [1.54, 1.807) is 32.2 Å². The van der Waals surface area contributed by atoms with Gasteiger partial charge in [0.1, 0.15) is 0 Å². The van der Waals surface area contributed by atoms with Crippen LogP contribution in [0.15, 0.2) is 24.3 Å². The number of nitrogens with one attached hydrogen (secondary N) is 1. The Labute approximate surface area is 117 Å². The van der Waals surface area contributed by atoms with E-state index in [4.69, 9.17) is 5.11 Å². The maximum absolute atomic E-state index is 11.8. The van der Waals surface area contributed by atoms with Gasteiger partial charge >= 0.3 is 6.03 Å². The Kier molecular flexibility index (Phi) is 5.92.